The zero-order valence-electron chi connectivity index (χ0n) is 11.8. The lowest BCUT2D eigenvalue weighted by Crippen LogP contribution is -2.29. The van der Waals surface area contributed by atoms with Crippen LogP contribution >= 0.6 is 0 Å². The number of non-ortho nitro benzene ring substituents is 1. The molecule has 1 aromatic carbocycles. The number of ether oxygens (including phenoxy) is 1. The minimum Gasteiger partial charge on any atom is -0.465 e. The van der Waals surface area contributed by atoms with E-state index >= 15 is 0 Å². The summed E-state index contributed by atoms with van der Waals surface area (Å²) in [6.07, 6.45) is 1.70. The van der Waals surface area contributed by atoms with Crippen LogP contribution in [0.2, 0.25) is 0 Å². The van der Waals surface area contributed by atoms with E-state index in [1.807, 2.05) is 13.0 Å². The van der Waals surface area contributed by atoms with Crippen molar-refractivity contribution >= 4 is 11.7 Å². The number of rotatable bonds is 8. The van der Waals surface area contributed by atoms with Crippen LogP contribution in [0.15, 0.2) is 24.3 Å². The number of nitrogens with zero attached hydrogens (tertiary/aromatic N) is 1. The Hall–Kier alpha value is -1.95. The Morgan fingerprint density at radius 3 is 2.80 bits per heavy atom. The van der Waals surface area contributed by atoms with Gasteiger partial charge in [-0.05, 0) is 18.9 Å². The van der Waals surface area contributed by atoms with Gasteiger partial charge in [0.15, 0.2) is 0 Å². The maximum atomic E-state index is 11.4. The lowest BCUT2D eigenvalue weighted by molar-refractivity contribution is -0.384. The predicted molar refractivity (Wildman–Crippen MR) is 75.4 cm³/mol. The predicted octanol–water partition coefficient (Wildman–Crippen LogP) is 2.59. The molecule has 6 nitrogen and oxygen atoms in total. The van der Waals surface area contributed by atoms with E-state index in [-0.39, 0.29) is 24.2 Å². The van der Waals surface area contributed by atoms with Crippen molar-refractivity contribution in [2.45, 2.75) is 32.7 Å². The normalized spacial score (nSPS) is 11.9. The topological polar surface area (TPSA) is 81.5 Å². The molecule has 20 heavy (non-hydrogen) atoms. The smallest absolute Gasteiger partial charge is 0.319 e. The van der Waals surface area contributed by atoms with Gasteiger partial charge in [0.2, 0.25) is 0 Å². The second-order valence-corrected chi connectivity index (χ2v) is 4.38. The Bertz CT molecular complexity index is 462. The van der Waals surface area contributed by atoms with Gasteiger partial charge >= 0.3 is 5.97 Å². The van der Waals surface area contributed by atoms with E-state index in [0.29, 0.717) is 6.61 Å². The highest BCUT2D eigenvalue weighted by atomic mass is 16.6. The van der Waals surface area contributed by atoms with Crippen LogP contribution in [0.3, 0.4) is 0 Å². The fraction of sp³-hybridized carbons (Fsp3) is 0.500. The SMILES string of the molecule is CCCC(NCC(=O)OCC)c1cccc([N+](=O)[O-])c1. The van der Waals surface area contributed by atoms with Crippen molar-refractivity contribution in [2.75, 3.05) is 13.2 Å². The third-order valence-corrected chi connectivity index (χ3v) is 2.86. The number of hydrogen-bond donors (Lipinski definition) is 1. The molecular weight excluding hydrogens is 260 g/mol. The minimum atomic E-state index is -0.419. The molecule has 6 heteroatoms. The lowest BCUT2D eigenvalue weighted by atomic mass is 10.0. The van der Waals surface area contributed by atoms with Crippen molar-refractivity contribution < 1.29 is 14.5 Å². The average Bonchev–Trinajstić information content (AvgIpc) is 2.44. The van der Waals surface area contributed by atoms with Crippen LogP contribution in [0.25, 0.3) is 0 Å². The van der Waals surface area contributed by atoms with Gasteiger partial charge in [0.25, 0.3) is 5.69 Å². The molecule has 0 fully saturated rings. The highest BCUT2D eigenvalue weighted by Gasteiger charge is 2.15. The number of nitro benzene ring substituents is 1. The molecule has 1 atom stereocenters. The second-order valence-electron chi connectivity index (χ2n) is 4.38. The summed E-state index contributed by atoms with van der Waals surface area (Å²) in [6, 6.07) is 6.38. The first kappa shape index (κ1) is 16.1. The first-order valence-electron chi connectivity index (χ1n) is 6.71. The van der Waals surface area contributed by atoms with Crippen molar-refractivity contribution in [3.8, 4) is 0 Å². The summed E-state index contributed by atoms with van der Waals surface area (Å²) in [6.45, 7) is 4.22. The molecule has 0 radical (unpaired) electrons. The van der Waals surface area contributed by atoms with Crippen molar-refractivity contribution in [1.29, 1.82) is 0 Å². The van der Waals surface area contributed by atoms with Crippen molar-refractivity contribution in [2.24, 2.45) is 0 Å². The van der Waals surface area contributed by atoms with E-state index in [1.54, 1.807) is 19.1 Å². The fourth-order valence-electron chi connectivity index (χ4n) is 1.95. The van der Waals surface area contributed by atoms with Crippen molar-refractivity contribution in [3.05, 3.63) is 39.9 Å². The summed E-state index contributed by atoms with van der Waals surface area (Å²) < 4.78 is 4.86. The van der Waals surface area contributed by atoms with E-state index in [9.17, 15) is 14.9 Å². The first-order valence-corrected chi connectivity index (χ1v) is 6.71. The molecule has 1 aromatic rings. The van der Waals surface area contributed by atoms with Gasteiger partial charge in [-0.3, -0.25) is 14.9 Å². The van der Waals surface area contributed by atoms with E-state index in [0.717, 1.165) is 18.4 Å². The molecule has 0 aliphatic heterocycles. The van der Waals surface area contributed by atoms with E-state index in [2.05, 4.69) is 5.32 Å². The maximum Gasteiger partial charge on any atom is 0.319 e. The number of carbonyl (C=O) groups excluding carboxylic acids is 1. The van der Waals surface area contributed by atoms with E-state index in [1.165, 1.54) is 6.07 Å². The van der Waals surface area contributed by atoms with Gasteiger partial charge in [-0.2, -0.15) is 0 Å². The van der Waals surface area contributed by atoms with Crippen LogP contribution in [0.5, 0.6) is 0 Å². The van der Waals surface area contributed by atoms with Crippen molar-refractivity contribution in [1.82, 2.24) is 5.32 Å². The molecule has 1 rings (SSSR count). The fourth-order valence-corrected chi connectivity index (χ4v) is 1.95. The summed E-state index contributed by atoms with van der Waals surface area (Å²) in [5.74, 6) is -0.320. The lowest BCUT2D eigenvalue weighted by Gasteiger charge is -2.18. The molecule has 0 aliphatic carbocycles. The molecule has 0 saturated heterocycles. The number of nitro groups is 1. The summed E-state index contributed by atoms with van der Waals surface area (Å²) >= 11 is 0. The summed E-state index contributed by atoms with van der Waals surface area (Å²) in [7, 11) is 0. The largest absolute Gasteiger partial charge is 0.465 e. The van der Waals surface area contributed by atoms with Crippen LogP contribution < -0.4 is 5.32 Å². The van der Waals surface area contributed by atoms with Gasteiger partial charge in [-0.1, -0.05) is 25.5 Å². The molecular formula is C14H20N2O4. The van der Waals surface area contributed by atoms with Crippen LogP contribution in [-0.2, 0) is 9.53 Å². The Balaban J connectivity index is 2.76. The van der Waals surface area contributed by atoms with Crippen LogP contribution in [0, 0.1) is 10.1 Å². The molecule has 0 spiro atoms. The van der Waals surface area contributed by atoms with Gasteiger partial charge in [-0.15, -0.1) is 0 Å². The molecule has 1 N–H and O–H groups in total. The Morgan fingerprint density at radius 1 is 1.45 bits per heavy atom. The van der Waals surface area contributed by atoms with E-state index in [4.69, 9.17) is 4.74 Å². The van der Waals surface area contributed by atoms with Crippen molar-refractivity contribution in [3.63, 3.8) is 0 Å². The average molecular weight is 280 g/mol. The van der Waals surface area contributed by atoms with Gasteiger partial charge in [0.1, 0.15) is 0 Å². The highest BCUT2D eigenvalue weighted by molar-refractivity contribution is 5.71. The highest BCUT2D eigenvalue weighted by Crippen LogP contribution is 2.22. The van der Waals surface area contributed by atoms with Gasteiger partial charge < -0.3 is 10.1 Å². The molecule has 110 valence electrons. The van der Waals surface area contributed by atoms with Crippen LogP contribution in [0.4, 0.5) is 5.69 Å². The number of carbonyl (C=O) groups is 1. The van der Waals surface area contributed by atoms with Crippen LogP contribution in [-0.4, -0.2) is 24.0 Å². The molecule has 0 saturated carbocycles. The molecule has 0 amide bonds. The molecule has 0 bridgehead atoms. The zero-order valence-corrected chi connectivity index (χ0v) is 11.8. The molecule has 0 aromatic heterocycles. The van der Waals surface area contributed by atoms with E-state index < -0.39 is 4.92 Å². The molecule has 0 heterocycles. The number of benzene rings is 1. The second kappa shape index (κ2) is 8.27. The number of hydrogen-bond acceptors (Lipinski definition) is 5. The Kier molecular flexibility index (Phi) is 6.66. The van der Waals surface area contributed by atoms with Gasteiger partial charge in [0.05, 0.1) is 18.1 Å². The number of esters is 1. The van der Waals surface area contributed by atoms with Crippen LogP contribution in [0.1, 0.15) is 38.3 Å². The zero-order chi connectivity index (χ0) is 15.0. The Morgan fingerprint density at radius 2 is 2.20 bits per heavy atom. The summed E-state index contributed by atoms with van der Waals surface area (Å²) in [5.41, 5.74) is 0.867. The third-order valence-electron chi connectivity index (χ3n) is 2.86. The quantitative estimate of drug-likeness (QED) is 0.449. The maximum absolute atomic E-state index is 11.4. The third kappa shape index (κ3) is 4.97. The van der Waals surface area contributed by atoms with Gasteiger partial charge in [-0.25, -0.2) is 0 Å². The molecule has 1 unspecified atom stereocenters. The molecule has 0 aliphatic rings. The first-order chi connectivity index (χ1) is 9.58. The monoisotopic (exact) mass is 280 g/mol. The summed E-state index contributed by atoms with van der Waals surface area (Å²) in [5, 5.41) is 13.9. The van der Waals surface area contributed by atoms with Gasteiger partial charge in [0, 0.05) is 18.2 Å². The summed E-state index contributed by atoms with van der Waals surface area (Å²) in [4.78, 5) is 21.7. The minimum absolute atomic E-state index is 0.0570. The standard InChI is InChI=1S/C14H20N2O4/c1-3-6-13(15-10-14(17)20-4-2)11-7-5-8-12(9-11)16(18)19/h5,7-9,13,15H,3-4,6,10H2,1-2H3. The Labute approximate surface area is 118 Å². The number of nitrogens with one attached hydrogen (secondary N) is 1.